The van der Waals surface area contributed by atoms with Crippen LogP contribution >= 0.6 is 27.5 Å². The second-order valence-corrected chi connectivity index (χ2v) is 9.10. The number of benzene rings is 3. The molecule has 0 aliphatic heterocycles. The molecule has 0 aliphatic carbocycles. The standard InChI is InChI=1S/C25H20BrClFN5O4/c26-18-13-14(9-10-20(18)28)30-24(31-36)23-22(32-37-33-23)16(15-5-1-3-7-19(15)27)11-12-29-25(35)17-6-2-4-8-21(17)34/h1-10,13,16,34,36H,11-12H2,(H,29,35)(H,30,31). The fourth-order valence-corrected chi connectivity index (χ4v) is 4.36. The number of carbonyl (C=O) groups excluding carboxylic acids is 1. The minimum Gasteiger partial charge on any atom is -0.507 e. The molecule has 4 N–H and O–H groups in total. The molecule has 0 radical (unpaired) electrons. The van der Waals surface area contributed by atoms with E-state index in [1.165, 1.54) is 30.3 Å². The summed E-state index contributed by atoms with van der Waals surface area (Å²) in [5.41, 5.74) is 1.63. The lowest BCUT2D eigenvalue weighted by atomic mass is 9.90. The zero-order valence-electron chi connectivity index (χ0n) is 19.0. The molecule has 4 aromatic rings. The Balaban J connectivity index is 1.61. The fourth-order valence-electron chi connectivity index (χ4n) is 3.72. The zero-order valence-corrected chi connectivity index (χ0v) is 21.4. The lowest BCUT2D eigenvalue weighted by Crippen LogP contribution is -2.26. The van der Waals surface area contributed by atoms with Crippen LogP contribution in [0.15, 0.2) is 81.0 Å². The van der Waals surface area contributed by atoms with Gasteiger partial charge in [0.05, 0.1) is 10.0 Å². The minimum atomic E-state index is -0.530. The maximum Gasteiger partial charge on any atom is 0.255 e. The lowest BCUT2D eigenvalue weighted by molar-refractivity contribution is 0.0950. The average Bonchev–Trinajstić information content (AvgIpc) is 3.37. The molecule has 0 bridgehead atoms. The fraction of sp³-hybridized carbons (Fsp3) is 0.120. The van der Waals surface area contributed by atoms with Crippen molar-refractivity contribution in [2.75, 3.05) is 11.9 Å². The number of phenolic OH excluding ortho intramolecular Hbond substituents is 1. The number of anilines is 1. The first kappa shape index (κ1) is 26.1. The van der Waals surface area contributed by atoms with Crippen LogP contribution in [-0.2, 0) is 0 Å². The van der Waals surface area contributed by atoms with E-state index in [2.05, 4.69) is 42.0 Å². The van der Waals surface area contributed by atoms with Crippen molar-refractivity contribution >= 4 is 45.0 Å². The Bertz CT molecular complexity index is 1450. The van der Waals surface area contributed by atoms with E-state index in [0.29, 0.717) is 28.4 Å². The van der Waals surface area contributed by atoms with Crippen molar-refractivity contribution in [2.24, 2.45) is 5.16 Å². The normalized spacial score (nSPS) is 12.2. The summed E-state index contributed by atoms with van der Waals surface area (Å²) in [7, 11) is 0. The van der Waals surface area contributed by atoms with Crippen LogP contribution in [0.4, 0.5) is 10.1 Å². The van der Waals surface area contributed by atoms with Crippen molar-refractivity contribution in [3.8, 4) is 5.75 Å². The summed E-state index contributed by atoms with van der Waals surface area (Å²) in [6, 6.07) is 17.5. The highest BCUT2D eigenvalue weighted by Gasteiger charge is 2.28. The molecule has 9 nitrogen and oxygen atoms in total. The van der Waals surface area contributed by atoms with Crippen molar-refractivity contribution in [1.82, 2.24) is 15.6 Å². The number of phenols is 1. The molecule has 1 heterocycles. The highest BCUT2D eigenvalue weighted by molar-refractivity contribution is 9.10. The maximum atomic E-state index is 13.6. The average molecular weight is 589 g/mol. The Morgan fingerprint density at radius 3 is 2.62 bits per heavy atom. The Morgan fingerprint density at radius 1 is 1.14 bits per heavy atom. The van der Waals surface area contributed by atoms with Crippen molar-refractivity contribution < 1.29 is 24.1 Å². The number of halogens is 3. The van der Waals surface area contributed by atoms with Gasteiger partial charge in [-0.05, 0) is 69.5 Å². The number of carbonyl (C=O) groups is 1. The molecule has 1 amide bonds. The van der Waals surface area contributed by atoms with Gasteiger partial charge in [0.2, 0.25) is 5.84 Å². The largest absolute Gasteiger partial charge is 0.507 e. The third-order valence-corrected chi connectivity index (χ3v) is 6.45. The number of amides is 1. The first-order valence-electron chi connectivity index (χ1n) is 11.0. The van der Waals surface area contributed by atoms with Gasteiger partial charge in [-0.2, -0.15) is 0 Å². The monoisotopic (exact) mass is 587 g/mol. The van der Waals surface area contributed by atoms with Crippen molar-refractivity contribution in [3.63, 3.8) is 0 Å². The molecule has 12 heteroatoms. The molecule has 0 saturated heterocycles. The van der Waals surface area contributed by atoms with Crippen LogP contribution in [0.3, 0.4) is 0 Å². The van der Waals surface area contributed by atoms with Gasteiger partial charge in [0, 0.05) is 23.2 Å². The molecule has 1 aromatic heterocycles. The summed E-state index contributed by atoms with van der Waals surface area (Å²) in [4.78, 5) is 12.6. The molecule has 3 aromatic carbocycles. The number of hydrogen-bond acceptors (Lipinski definition) is 7. The second-order valence-electron chi connectivity index (χ2n) is 7.84. The molecule has 4 rings (SSSR count). The van der Waals surface area contributed by atoms with Crippen molar-refractivity contribution in [1.29, 1.82) is 0 Å². The van der Waals surface area contributed by atoms with Gasteiger partial charge in [-0.1, -0.05) is 52.2 Å². The lowest BCUT2D eigenvalue weighted by Gasteiger charge is -2.18. The number of nitrogens with one attached hydrogen (secondary N) is 2. The second kappa shape index (κ2) is 11.8. The molecular formula is C25H20BrClFN5O4. The molecule has 1 unspecified atom stereocenters. The van der Waals surface area contributed by atoms with Crippen LogP contribution < -0.4 is 10.6 Å². The van der Waals surface area contributed by atoms with Gasteiger partial charge in [0.1, 0.15) is 17.3 Å². The number of para-hydroxylation sites is 1. The van der Waals surface area contributed by atoms with Crippen LogP contribution in [0.25, 0.3) is 0 Å². The molecule has 1 atom stereocenters. The summed E-state index contributed by atoms with van der Waals surface area (Å²) in [6.07, 6.45) is 0.311. The van der Waals surface area contributed by atoms with Crippen LogP contribution in [0.2, 0.25) is 5.02 Å². The van der Waals surface area contributed by atoms with Crippen LogP contribution in [-0.4, -0.2) is 38.9 Å². The molecule has 0 spiro atoms. The molecule has 190 valence electrons. The summed E-state index contributed by atoms with van der Waals surface area (Å²) in [5.74, 6) is -1.66. The van der Waals surface area contributed by atoms with Crippen LogP contribution in [0, 0.1) is 5.82 Å². The van der Waals surface area contributed by atoms with Crippen LogP contribution in [0.5, 0.6) is 5.75 Å². The van der Waals surface area contributed by atoms with E-state index in [-0.39, 0.29) is 33.9 Å². The van der Waals surface area contributed by atoms with E-state index in [1.54, 1.807) is 36.4 Å². The Morgan fingerprint density at radius 2 is 1.89 bits per heavy atom. The number of amidine groups is 1. The summed E-state index contributed by atoms with van der Waals surface area (Å²) in [5, 5.41) is 37.1. The molecule has 37 heavy (non-hydrogen) atoms. The van der Waals surface area contributed by atoms with E-state index in [9.17, 15) is 19.5 Å². The van der Waals surface area contributed by atoms with Crippen molar-refractivity contribution in [2.45, 2.75) is 12.3 Å². The quantitative estimate of drug-likeness (QED) is 0.0921. The minimum absolute atomic E-state index is 0.0925. The Hall–Kier alpha value is -3.96. The van der Waals surface area contributed by atoms with E-state index in [1.807, 2.05) is 0 Å². The van der Waals surface area contributed by atoms with Gasteiger partial charge < -0.3 is 20.9 Å². The van der Waals surface area contributed by atoms with Gasteiger partial charge in [0.25, 0.3) is 5.91 Å². The van der Waals surface area contributed by atoms with E-state index in [0.717, 1.165) is 0 Å². The third-order valence-electron chi connectivity index (χ3n) is 5.50. The Labute approximate surface area is 224 Å². The molecule has 0 fully saturated rings. The van der Waals surface area contributed by atoms with E-state index >= 15 is 0 Å². The van der Waals surface area contributed by atoms with Gasteiger partial charge >= 0.3 is 0 Å². The van der Waals surface area contributed by atoms with Gasteiger partial charge in [-0.15, -0.1) is 0 Å². The maximum absolute atomic E-state index is 13.6. The number of nitrogens with zero attached hydrogens (tertiary/aromatic N) is 3. The van der Waals surface area contributed by atoms with Crippen LogP contribution in [0.1, 0.15) is 39.6 Å². The van der Waals surface area contributed by atoms with E-state index in [4.69, 9.17) is 16.2 Å². The van der Waals surface area contributed by atoms with Gasteiger partial charge in [-0.3, -0.25) is 4.79 Å². The summed E-state index contributed by atoms with van der Waals surface area (Å²) >= 11 is 9.60. The molecule has 0 aliphatic rings. The number of aromatic nitrogens is 2. The van der Waals surface area contributed by atoms with Gasteiger partial charge in [-0.25, -0.2) is 9.02 Å². The highest BCUT2D eigenvalue weighted by Crippen LogP contribution is 2.33. The third kappa shape index (κ3) is 6.07. The summed E-state index contributed by atoms with van der Waals surface area (Å²) in [6.45, 7) is 0.180. The molecular weight excluding hydrogens is 569 g/mol. The van der Waals surface area contributed by atoms with Crippen molar-refractivity contribution in [3.05, 3.63) is 105 Å². The predicted molar refractivity (Wildman–Crippen MR) is 139 cm³/mol. The number of aromatic hydroxyl groups is 1. The van der Waals surface area contributed by atoms with E-state index < -0.39 is 17.6 Å². The first-order chi connectivity index (χ1) is 17.9. The SMILES string of the molecule is O=C(NCCC(c1ccccc1Cl)c1nonc1C(=NO)Nc1ccc(F)c(Br)c1)c1ccccc1O. The topological polar surface area (TPSA) is 133 Å². The summed E-state index contributed by atoms with van der Waals surface area (Å²) < 4.78 is 18.9. The number of oxime groups is 1. The first-order valence-corrected chi connectivity index (χ1v) is 12.1. The Kier molecular flexibility index (Phi) is 8.36. The predicted octanol–water partition coefficient (Wildman–Crippen LogP) is 5.53. The number of hydrogen-bond donors (Lipinski definition) is 4. The highest BCUT2D eigenvalue weighted by atomic mass is 79.9. The number of rotatable bonds is 8. The van der Waals surface area contributed by atoms with Gasteiger partial charge in [0.15, 0.2) is 5.69 Å². The zero-order chi connectivity index (χ0) is 26.4. The molecule has 0 saturated carbocycles. The smallest absolute Gasteiger partial charge is 0.255 e.